The largest absolute Gasteiger partial charge is 0.479 e. The van der Waals surface area contributed by atoms with Crippen LogP contribution in [0.2, 0.25) is 15.1 Å². The maximum Gasteiger partial charge on any atom is 0.265 e. The van der Waals surface area contributed by atoms with Gasteiger partial charge in [-0.25, -0.2) is 0 Å². The van der Waals surface area contributed by atoms with E-state index in [-0.39, 0.29) is 5.91 Å². The monoisotopic (exact) mass is 357 g/mol. The molecule has 0 bridgehead atoms. The van der Waals surface area contributed by atoms with Gasteiger partial charge in [0.1, 0.15) is 5.75 Å². The second-order valence-electron chi connectivity index (χ2n) is 4.78. The summed E-state index contributed by atoms with van der Waals surface area (Å²) < 4.78 is 5.57. The van der Waals surface area contributed by atoms with Crippen molar-refractivity contribution in [2.45, 2.75) is 20.0 Å². The predicted molar refractivity (Wildman–Crippen MR) is 91.4 cm³/mol. The van der Waals surface area contributed by atoms with E-state index in [0.717, 1.165) is 5.56 Å². The maximum atomic E-state index is 12.2. The van der Waals surface area contributed by atoms with E-state index in [1.807, 2.05) is 6.92 Å². The Morgan fingerprint density at radius 1 is 1.09 bits per heavy atom. The molecule has 0 saturated heterocycles. The van der Waals surface area contributed by atoms with Gasteiger partial charge < -0.3 is 10.1 Å². The number of rotatable bonds is 4. The number of halogens is 3. The van der Waals surface area contributed by atoms with Crippen molar-refractivity contribution in [2.24, 2.45) is 0 Å². The molecule has 3 nitrogen and oxygen atoms in total. The first kappa shape index (κ1) is 16.9. The Morgan fingerprint density at radius 2 is 1.73 bits per heavy atom. The van der Waals surface area contributed by atoms with Crippen LogP contribution in [0.4, 0.5) is 5.69 Å². The van der Waals surface area contributed by atoms with Gasteiger partial charge in [0.05, 0.1) is 5.02 Å². The molecule has 0 spiro atoms. The zero-order valence-electron chi connectivity index (χ0n) is 12.0. The van der Waals surface area contributed by atoms with E-state index < -0.39 is 6.10 Å². The van der Waals surface area contributed by atoms with Gasteiger partial charge in [-0.3, -0.25) is 4.79 Å². The van der Waals surface area contributed by atoms with Crippen LogP contribution < -0.4 is 10.1 Å². The third-order valence-electron chi connectivity index (χ3n) is 3.01. The lowest BCUT2D eigenvalue weighted by molar-refractivity contribution is -0.122. The average molecular weight is 359 g/mol. The average Bonchev–Trinajstić information content (AvgIpc) is 2.44. The SMILES string of the molecule is Cc1cc(Cl)ccc1NC(=O)C(C)Oc1ccc(Cl)cc1Cl. The van der Waals surface area contributed by atoms with Gasteiger partial charge in [-0.1, -0.05) is 34.8 Å². The molecule has 0 aliphatic heterocycles. The van der Waals surface area contributed by atoms with Gasteiger partial charge in [-0.15, -0.1) is 0 Å². The number of nitrogens with one attached hydrogen (secondary N) is 1. The highest BCUT2D eigenvalue weighted by Gasteiger charge is 2.17. The number of hydrogen-bond donors (Lipinski definition) is 1. The molecule has 22 heavy (non-hydrogen) atoms. The van der Waals surface area contributed by atoms with Crippen molar-refractivity contribution in [3.05, 3.63) is 57.0 Å². The molecule has 1 atom stereocenters. The quantitative estimate of drug-likeness (QED) is 0.799. The number of hydrogen-bond acceptors (Lipinski definition) is 2. The van der Waals surface area contributed by atoms with Gasteiger partial charge in [0.25, 0.3) is 5.91 Å². The first-order valence-electron chi connectivity index (χ1n) is 6.55. The number of ether oxygens (including phenoxy) is 1. The molecule has 1 amide bonds. The Labute approximate surface area is 144 Å². The van der Waals surface area contributed by atoms with Gasteiger partial charge in [-0.05, 0) is 55.8 Å². The second-order valence-corrected chi connectivity index (χ2v) is 6.06. The molecule has 2 aromatic rings. The van der Waals surface area contributed by atoms with Crippen LogP contribution in [-0.4, -0.2) is 12.0 Å². The molecule has 0 aliphatic rings. The number of carbonyl (C=O) groups is 1. The van der Waals surface area contributed by atoms with Gasteiger partial charge in [0.15, 0.2) is 6.10 Å². The molecule has 2 aromatic carbocycles. The highest BCUT2D eigenvalue weighted by molar-refractivity contribution is 6.35. The summed E-state index contributed by atoms with van der Waals surface area (Å²) in [7, 11) is 0. The van der Waals surface area contributed by atoms with Crippen LogP contribution in [0.5, 0.6) is 5.75 Å². The van der Waals surface area contributed by atoms with Crippen LogP contribution in [-0.2, 0) is 4.79 Å². The van der Waals surface area contributed by atoms with E-state index in [2.05, 4.69) is 5.32 Å². The third kappa shape index (κ3) is 4.29. The zero-order valence-corrected chi connectivity index (χ0v) is 14.3. The Morgan fingerprint density at radius 3 is 2.36 bits per heavy atom. The van der Waals surface area contributed by atoms with Crippen LogP contribution in [0.15, 0.2) is 36.4 Å². The van der Waals surface area contributed by atoms with E-state index in [0.29, 0.717) is 26.5 Å². The van der Waals surface area contributed by atoms with Crippen LogP contribution >= 0.6 is 34.8 Å². The Balaban J connectivity index is 2.05. The molecule has 6 heteroatoms. The number of anilines is 1. The molecule has 0 fully saturated rings. The Kier molecular flexibility index (Phi) is 5.57. The molecule has 2 rings (SSSR count). The van der Waals surface area contributed by atoms with E-state index in [9.17, 15) is 4.79 Å². The standard InChI is InChI=1S/C16H14Cl3NO2/c1-9-7-11(17)3-5-14(9)20-16(21)10(2)22-15-6-4-12(18)8-13(15)19/h3-8,10H,1-2H3,(H,20,21). The normalized spacial score (nSPS) is 11.9. The van der Waals surface area contributed by atoms with Crippen LogP contribution in [0.1, 0.15) is 12.5 Å². The molecular formula is C16H14Cl3NO2. The molecule has 0 heterocycles. The lowest BCUT2D eigenvalue weighted by Crippen LogP contribution is -2.30. The Hall–Kier alpha value is -1.42. The summed E-state index contributed by atoms with van der Waals surface area (Å²) >= 11 is 17.7. The van der Waals surface area contributed by atoms with Crippen molar-refractivity contribution in [3.8, 4) is 5.75 Å². The number of amides is 1. The topological polar surface area (TPSA) is 38.3 Å². The highest BCUT2D eigenvalue weighted by Crippen LogP contribution is 2.28. The highest BCUT2D eigenvalue weighted by atomic mass is 35.5. The van der Waals surface area contributed by atoms with Gasteiger partial charge >= 0.3 is 0 Å². The number of benzene rings is 2. The van der Waals surface area contributed by atoms with Crippen molar-refractivity contribution in [1.82, 2.24) is 0 Å². The van der Waals surface area contributed by atoms with E-state index in [4.69, 9.17) is 39.5 Å². The summed E-state index contributed by atoms with van der Waals surface area (Å²) in [4.78, 5) is 12.2. The van der Waals surface area contributed by atoms with Crippen molar-refractivity contribution >= 4 is 46.4 Å². The molecule has 0 radical (unpaired) electrons. The van der Waals surface area contributed by atoms with Crippen LogP contribution in [0.25, 0.3) is 0 Å². The molecule has 0 saturated carbocycles. The fourth-order valence-electron chi connectivity index (χ4n) is 1.82. The summed E-state index contributed by atoms with van der Waals surface area (Å²) in [6, 6.07) is 10.1. The lowest BCUT2D eigenvalue weighted by atomic mass is 10.2. The molecule has 1 N–H and O–H groups in total. The van der Waals surface area contributed by atoms with Crippen molar-refractivity contribution < 1.29 is 9.53 Å². The summed E-state index contributed by atoms with van der Waals surface area (Å²) in [5.41, 5.74) is 1.56. The summed E-state index contributed by atoms with van der Waals surface area (Å²) in [5.74, 6) is 0.123. The van der Waals surface area contributed by atoms with Gasteiger partial charge in [0, 0.05) is 15.7 Å². The fraction of sp³-hybridized carbons (Fsp3) is 0.188. The van der Waals surface area contributed by atoms with E-state index in [1.165, 1.54) is 0 Å². The van der Waals surface area contributed by atoms with Crippen LogP contribution in [0, 0.1) is 6.92 Å². The number of carbonyl (C=O) groups excluding carboxylic acids is 1. The van der Waals surface area contributed by atoms with E-state index >= 15 is 0 Å². The first-order chi connectivity index (χ1) is 10.4. The smallest absolute Gasteiger partial charge is 0.265 e. The second kappa shape index (κ2) is 7.23. The van der Waals surface area contributed by atoms with Crippen LogP contribution in [0.3, 0.4) is 0 Å². The summed E-state index contributed by atoms with van der Waals surface area (Å²) in [6.45, 7) is 3.51. The predicted octanol–water partition coefficient (Wildman–Crippen LogP) is 5.36. The van der Waals surface area contributed by atoms with E-state index in [1.54, 1.807) is 43.3 Å². The lowest BCUT2D eigenvalue weighted by Gasteiger charge is -2.16. The first-order valence-corrected chi connectivity index (χ1v) is 7.69. The Bertz CT molecular complexity index is 704. The van der Waals surface area contributed by atoms with Crippen molar-refractivity contribution in [3.63, 3.8) is 0 Å². The molecular weight excluding hydrogens is 345 g/mol. The minimum Gasteiger partial charge on any atom is -0.479 e. The minimum atomic E-state index is -0.714. The maximum absolute atomic E-state index is 12.2. The van der Waals surface area contributed by atoms with Crippen molar-refractivity contribution in [1.29, 1.82) is 0 Å². The van der Waals surface area contributed by atoms with Crippen molar-refractivity contribution in [2.75, 3.05) is 5.32 Å². The minimum absolute atomic E-state index is 0.281. The van der Waals surface area contributed by atoms with Gasteiger partial charge in [-0.2, -0.15) is 0 Å². The zero-order chi connectivity index (χ0) is 16.3. The number of aryl methyl sites for hydroxylation is 1. The molecule has 1 unspecified atom stereocenters. The molecule has 0 aromatic heterocycles. The molecule has 116 valence electrons. The summed E-state index contributed by atoms with van der Waals surface area (Å²) in [6.07, 6.45) is -0.714. The van der Waals surface area contributed by atoms with Gasteiger partial charge in [0.2, 0.25) is 0 Å². The third-order valence-corrected chi connectivity index (χ3v) is 3.78. The summed E-state index contributed by atoms with van der Waals surface area (Å²) in [5, 5.41) is 4.28. The molecule has 0 aliphatic carbocycles. The fourth-order valence-corrected chi connectivity index (χ4v) is 2.50.